The second-order valence-corrected chi connectivity index (χ2v) is 7.08. The summed E-state index contributed by atoms with van der Waals surface area (Å²) in [5.41, 5.74) is 0. The molecule has 0 spiro atoms. The van der Waals surface area contributed by atoms with Gasteiger partial charge in [-0.3, -0.25) is 0 Å². The summed E-state index contributed by atoms with van der Waals surface area (Å²) >= 11 is 0. The van der Waals surface area contributed by atoms with E-state index in [1.165, 1.54) is 0 Å². The minimum Gasteiger partial charge on any atom is -0.306 e. The highest BCUT2D eigenvalue weighted by Gasteiger charge is 2.11. The lowest BCUT2D eigenvalue weighted by Crippen LogP contribution is -2.33. The van der Waals surface area contributed by atoms with Crippen LogP contribution in [-0.2, 0) is 11.0 Å². The van der Waals surface area contributed by atoms with Crippen molar-refractivity contribution >= 4 is 11.0 Å². The molecule has 0 bridgehead atoms. The van der Waals surface area contributed by atoms with Gasteiger partial charge in [0.2, 0.25) is 0 Å². The van der Waals surface area contributed by atoms with Gasteiger partial charge >= 0.3 is 0 Å². The molecule has 0 saturated carbocycles. The number of nitrogens with zero attached hydrogens (tertiary/aromatic N) is 2. The minimum absolute atomic E-state index is 0.576. The molecule has 17 heavy (non-hydrogen) atoms. The molecular formula is C13H30N2OS. The summed E-state index contributed by atoms with van der Waals surface area (Å²) in [6.45, 7) is 12.9. The molecule has 1 atom stereocenters. The Morgan fingerprint density at radius 3 is 1.94 bits per heavy atom. The van der Waals surface area contributed by atoms with Crippen LogP contribution in [-0.4, -0.2) is 52.9 Å². The van der Waals surface area contributed by atoms with E-state index in [2.05, 4.69) is 43.9 Å². The number of rotatable bonds is 9. The third-order valence-corrected chi connectivity index (χ3v) is 3.62. The SMILES string of the molecule is CC(C)CN(C)CCCN(CC(C)C)S(C)=O. The maximum Gasteiger partial charge on any atom is 0.0910 e. The van der Waals surface area contributed by atoms with Crippen molar-refractivity contribution in [1.29, 1.82) is 0 Å². The second kappa shape index (κ2) is 9.06. The van der Waals surface area contributed by atoms with Crippen LogP contribution in [0.4, 0.5) is 0 Å². The van der Waals surface area contributed by atoms with Crippen molar-refractivity contribution in [3.05, 3.63) is 0 Å². The highest BCUT2D eigenvalue weighted by molar-refractivity contribution is 7.81. The van der Waals surface area contributed by atoms with Crippen LogP contribution in [0.15, 0.2) is 0 Å². The summed E-state index contributed by atoms with van der Waals surface area (Å²) < 4.78 is 13.6. The normalized spacial score (nSPS) is 14.2. The van der Waals surface area contributed by atoms with Crippen LogP contribution in [0, 0.1) is 11.8 Å². The first-order valence-corrected chi connectivity index (χ1v) is 8.11. The molecule has 0 aromatic rings. The van der Waals surface area contributed by atoms with E-state index in [-0.39, 0.29) is 0 Å². The first-order chi connectivity index (χ1) is 7.82. The third kappa shape index (κ3) is 9.74. The molecule has 0 aliphatic heterocycles. The molecule has 0 aliphatic carbocycles. The molecule has 0 radical (unpaired) electrons. The average molecular weight is 262 g/mol. The average Bonchev–Trinajstić information content (AvgIpc) is 2.13. The van der Waals surface area contributed by atoms with Gasteiger partial charge in [-0.1, -0.05) is 27.7 Å². The zero-order valence-corrected chi connectivity index (χ0v) is 13.2. The van der Waals surface area contributed by atoms with Gasteiger partial charge in [-0.15, -0.1) is 0 Å². The maximum absolute atomic E-state index is 11.6. The van der Waals surface area contributed by atoms with E-state index >= 15 is 0 Å². The fourth-order valence-corrected chi connectivity index (χ4v) is 2.86. The predicted octanol–water partition coefficient (Wildman–Crippen LogP) is 2.22. The largest absolute Gasteiger partial charge is 0.306 e. The first kappa shape index (κ1) is 17.1. The molecule has 0 fully saturated rings. The predicted molar refractivity (Wildman–Crippen MR) is 77.4 cm³/mol. The van der Waals surface area contributed by atoms with Crippen LogP contribution in [0.25, 0.3) is 0 Å². The van der Waals surface area contributed by atoms with Crippen molar-refractivity contribution in [2.75, 3.05) is 39.5 Å². The fraction of sp³-hybridized carbons (Fsp3) is 1.00. The Morgan fingerprint density at radius 2 is 1.53 bits per heavy atom. The van der Waals surface area contributed by atoms with Crippen LogP contribution >= 0.6 is 0 Å². The Hall–Kier alpha value is 0.0700. The van der Waals surface area contributed by atoms with Gasteiger partial charge in [-0.05, 0) is 31.8 Å². The molecule has 0 aliphatic rings. The van der Waals surface area contributed by atoms with Gasteiger partial charge in [0, 0.05) is 25.9 Å². The monoisotopic (exact) mass is 262 g/mol. The molecule has 0 aromatic carbocycles. The maximum atomic E-state index is 11.6. The molecule has 0 rings (SSSR count). The molecule has 0 aromatic heterocycles. The molecule has 4 heteroatoms. The van der Waals surface area contributed by atoms with Crippen LogP contribution in [0.2, 0.25) is 0 Å². The van der Waals surface area contributed by atoms with E-state index in [1.807, 2.05) is 0 Å². The Balaban J connectivity index is 3.85. The van der Waals surface area contributed by atoms with E-state index in [1.54, 1.807) is 6.26 Å². The summed E-state index contributed by atoms with van der Waals surface area (Å²) in [6, 6.07) is 0. The van der Waals surface area contributed by atoms with E-state index in [0.29, 0.717) is 11.8 Å². The fourth-order valence-electron chi connectivity index (χ4n) is 1.96. The van der Waals surface area contributed by atoms with Crippen LogP contribution in [0.5, 0.6) is 0 Å². The highest BCUT2D eigenvalue weighted by atomic mass is 32.2. The quantitative estimate of drug-likeness (QED) is 0.636. The highest BCUT2D eigenvalue weighted by Crippen LogP contribution is 2.03. The van der Waals surface area contributed by atoms with Crippen molar-refractivity contribution in [2.24, 2.45) is 11.8 Å². The molecule has 104 valence electrons. The van der Waals surface area contributed by atoms with E-state index in [9.17, 15) is 4.21 Å². The molecule has 0 saturated heterocycles. The summed E-state index contributed by atoms with van der Waals surface area (Å²) in [5.74, 6) is 1.29. The zero-order valence-electron chi connectivity index (χ0n) is 12.4. The number of hydrogen-bond acceptors (Lipinski definition) is 2. The standard InChI is InChI=1S/C13H30N2OS/c1-12(2)10-14(5)8-7-9-15(17(6)16)11-13(3)4/h12-13H,7-11H2,1-6H3. The lowest BCUT2D eigenvalue weighted by atomic mass is 10.2. The smallest absolute Gasteiger partial charge is 0.0910 e. The molecule has 0 amide bonds. The Morgan fingerprint density at radius 1 is 1.00 bits per heavy atom. The Kier molecular flexibility index (Phi) is 9.10. The third-order valence-electron chi connectivity index (χ3n) is 2.56. The summed E-state index contributed by atoms with van der Waals surface area (Å²) in [6.07, 6.45) is 2.87. The Labute approximate surface area is 110 Å². The topological polar surface area (TPSA) is 23.6 Å². The lowest BCUT2D eigenvalue weighted by Gasteiger charge is -2.23. The molecule has 3 nitrogen and oxygen atoms in total. The van der Waals surface area contributed by atoms with E-state index in [0.717, 1.165) is 32.6 Å². The minimum atomic E-state index is -0.835. The van der Waals surface area contributed by atoms with E-state index < -0.39 is 11.0 Å². The van der Waals surface area contributed by atoms with Gasteiger partial charge in [0.15, 0.2) is 0 Å². The number of hydrogen-bond donors (Lipinski definition) is 0. The molecule has 0 heterocycles. The zero-order chi connectivity index (χ0) is 13.4. The first-order valence-electron chi connectivity index (χ1n) is 6.60. The van der Waals surface area contributed by atoms with Gasteiger partial charge in [-0.2, -0.15) is 0 Å². The van der Waals surface area contributed by atoms with Gasteiger partial charge < -0.3 is 4.90 Å². The van der Waals surface area contributed by atoms with Crippen molar-refractivity contribution in [3.63, 3.8) is 0 Å². The summed E-state index contributed by atoms with van der Waals surface area (Å²) in [4.78, 5) is 2.36. The summed E-state index contributed by atoms with van der Waals surface area (Å²) in [5, 5.41) is 0. The molecular weight excluding hydrogens is 232 g/mol. The van der Waals surface area contributed by atoms with Crippen molar-refractivity contribution in [1.82, 2.24) is 9.21 Å². The van der Waals surface area contributed by atoms with Crippen LogP contribution in [0.1, 0.15) is 34.1 Å². The van der Waals surface area contributed by atoms with Crippen LogP contribution in [0.3, 0.4) is 0 Å². The van der Waals surface area contributed by atoms with Crippen molar-refractivity contribution in [3.8, 4) is 0 Å². The second-order valence-electron chi connectivity index (χ2n) is 5.72. The van der Waals surface area contributed by atoms with Crippen molar-refractivity contribution in [2.45, 2.75) is 34.1 Å². The van der Waals surface area contributed by atoms with Gasteiger partial charge in [-0.25, -0.2) is 8.51 Å². The molecule has 1 unspecified atom stereocenters. The molecule has 0 N–H and O–H groups in total. The lowest BCUT2D eigenvalue weighted by molar-refractivity contribution is 0.276. The van der Waals surface area contributed by atoms with E-state index in [4.69, 9.17) is 0 Å². The van der Waals surface area contributed by atoms with Gasteiger partial charge in [0.25, 0.3) is 0 Å². The van der Waals surface area contributed by atoms with Gasteiger partial charge in [0.05, 0.1) is 11.0 Å². The summed E-state index contributed by atoms with van der Waals surface area (Å²) in [7, 11) is 1.33. The van der Waals surface area contributed by atoms with Crippen molar-refractivity contribution < 1.29 is 4.21 Å². The van der Waals surface area contributed by atoms with Gasteiger partial charge in [0.1, 0.15) is 0 Å². The Bertz CT molecular complexity index is 219. The van der Waals surface area contributed by atoms with Crippen LogP contribution < -0.4 is 0 Å².